The van der Waals surface area contributed by atoms with Crippen LogP contribution in [0.5, 0.6) is 5.75 Å². The molecule has 0 unspecified atom stereocenters. The molecule has 0 spiro atoms. The van der Waals surface area contributed by atoms with E-state index in [1.165, 1.54) is 10.5 Å². The third kappa shape index (κ3) is 4.75. The molecule has 2 aromatic heterocycles. The maximum Gasteiger partial charge on any atom is 0.258 e. The number of carbonyl (C=O) groups is 1. The molecule has 4 rings (SSSR count). The summed E-state index contributed by atoms with van der Waals surface area (Å²) >= 11 is 3.35. The zero-order valence-corrected chi connectivity index (χ0v) is 18.2. The van der Waals surface area contributed by atoms with E-state index < -0.39 is 0 Å². The molecule has 2 N–H and O–H groups in total. The SMILES string of the molecule is COc1ccccc1NC(=O)c1ccc(NCc2cc(=O)n3cc(Br)ccc3n2)cc1. The van der Waals surface area contributed by atoms with E-state index in [1.54, 1.807) is 43.6 Å². The van der Waals surface area contributed by atoms with Crippen molar-refractivity contribution in [2.24, 2.45) is 0 Å². The van der Waals surface area contributed by atoms with Crippen molar-refractivity contribution in [3.05, 3.63) is 99.0 Å². The van der Waals surface area contributed by atoms with Crippen LogP contribution in [0.3, 0.4) is 0 Å². The Kier molecular flexibility index (Phi) is 5.99. The number of amides is 1. The number of fused-ring (bicyclic) bond motifs is 1. The topological polar surface area (TPSA) is 84.7 Å². The van der Waals surface area contributed by atoms with Crippen LogP contribution in [0.2, 0.25) is 0 Å². The van der Waals surface area contributed by atoms with Crippen molar-refractivity contribution < 1.29 is 9.53 Å². The summed E-state index contributed by atoms with van der Waals surface area (Å²) in [5.41, 5.74) is 3.00. The summed E-state index contributed by atoms with van der Waals surface area (Å²) in [5, 5.41) is 6.07. The average Bonchev–Trinajstić information content (AvgIpc) is 2.79. The van der Waals surface area contributed by atoms with E-state index in [4.69, 9.17) is 4.74 Å². The van der Waals surface area contributed by atoms with Crippen molar-refractivity contribution in [3.8, 4) is 5.75 Å². The van der Waals surface area contributed by atoms with Gasteiger partial charge < -0.3 is 15.4 Å². The molecule has 0 saturated heterocycles. The van der Waals surface area contributed by atoms with Crippen molar-refractivity contribution in [1.82, 2.24) is 9.38 Å². The summed E-state index contributed by atoms with van der Waals surface area (Å²) in [7, 11) is 1.56. The van der Waals surface area contributed by atoms with Crippen LogP contribution in [-0.4, -0.2) is 22.4 Å². The molecule has 8 heteroatoms. The van der Waals surface area contributed by atoms with E-state index in [0.29, 0.717) is 34.9 Å². The van der Waals surface area contributed by atoms with Crippen molar-refractivity contribution >= 4 is 38.9 Å². The van der Waals surface area contributed by atoms with Crippen molar-refractivity contribution in [2.45, 2.75) is 6.54 Å². The number of hydrogen-bond acceptors (Lipinski definition) is 5. The Morgan fingerprint density at radius 3 is 2.65 bits per heavy atom. The van der Waals surface area contributed by atoms with Gasteiger partial charge in [0.05, 0.1) is 25.0 Å². The van der Waals surface area contributed by atoms with Gasteiger partial charge in [-0.25, -0.2) is 4.98 Å². The summed E-state index contributed by atoms with van der Waals surface area (Å²) < 4.78 is 7.56. The number of benzene rings is 2. The molecule has 31 heavy (non-hydrogen) atoms. The monoisotopic (exact) mass is 478 g/mol. The lowest BCUT2D eigenvalue weighted by molar-refractivity contribution is 0.102. The van der Waals surface area contributed by atoms with Gasteiger partial charge in [-0.05, 0) is 64.5 Å². The fourth-order valence-corrected chi connectivity index (χ4v) is 3.43. The molecule has 7 nitrogen and oxygen atoms in total. The average molecular weight is 479 g/mol. The zero-order chi connectivity index (χ0) is 21.8. The predicted octanol–water partition coefficient (Wildman–Crippen LogP) is 4.33. The van der Waals surface area contributed by atoms with Crippen LogP contribution in [0.15, 0.2) is 82.2 Å². The molecule has 2 heterocycles. The molecule has 0 fully saturated rings. The van der Waals surface area contributed by atoms with Crippen LogP contribution in [0.1, 0.15) is 16.1 Å². The van der Waals surface area contributed by atoms with Crippen LogP contribution < -0.4 is 20.9 Å². The van der Waals surface area contributed by atoms with E-state index in [-0.39, 0.29) is 11.5 Å². The highest BCUT2D eigenvalue weighted by Crippen LogP contribution is 2.24. The first kappa shape index (κ1) is 20.6. The van der Waals surface area contributed by atoms with Crippen LogP contribution in [0.25, 0.3) is 5.65 Å². The Morgan fingerprint density at radius 2 is 1.87 bits per heavy atom. The predicted molar refractivity (Wildman–Crippen MR) is 124 cm³/mol. The first-order valence-electron chi connectivity index (χ1n) is 9.49. The largest absolute Gasteiger partial charge is 0.495 e. The third-order valence-corrected chi connectivity index (χ3v) is 5.12. The van der Waals surface area contributed by atoms with Gasteiger partial charge in [0.2, 0.25) is 0 Å². The molecule has 0 aliphatic rings. The van der Waals surface area contributed by atoms with Crippen molar-refractivity contribution in [1.29, 1.82) is 0 Å². The Labute approximate surface area is 186 Å². The fourth-order valence-electron chi connectivity index (χ4n) is 3.09. The Morgan fingerprint density at radius 1 is 1.10 bits per heavy atom. The standard InChI is InChI=1S/C23H19BrN4O3/c1-31-20-5-3-2-4-19(20)27-23(30)15-6-9-17(10-7-15)25-13-18-12-22(29)28-14-16(24)8-11-21(28)26-18/h2-12,14,25H,13H2,1H3,(H,27,30). The van der Waals surface area contributed by atoms with Crippen LogP contribution >= 0.6 is 15.9 Å². The minimum absolute atomic E-state index is 0.147. The van der Waals surface area contributed by atoms with Crippen LogP contribution in [0, 0.1) is 0 Å². The number of carbonyl (C=O) groups excluding carboxylic acids is 1. The molecule has 0 aliphatic heterocycles. The number of hydrogen-bond donors (Lipinski definition) is 2. The Hall–Kier alpha value is -3.65. The second-order valence-electron chi connectivity index (χ2n) is 6.75. The number of methoxy groups -OCH3 is 1. The van der Waals surface area contributed by atoms with E-state index in [1.807, 2.05) is 30.3 Å². The number of aromatic nitrogens is 2. The van der Waals surface area contributed by atoms with E-state index in [2.05, 4.69) is 31.5 Å². The second kappa shape index (κ2) is 9.01. The summed E-state index contributed by atoms with van der Waals surface area (Å²) in [6.45, 7) is 0.383. The molecule has 1 amide bonds. The minimum atomic E-state index is -0.230. The summed E-state index contributed by atoms with van der Waals surface area (Å²) in [6, 6.07) is 19.4. The molecule has 0 aliphatic carbocycles. The maximum atomic E-state index is 12.5. The molecule has 0 saturated carbocycles. The lowest BCUT2D eigenvalue weighted by atomic mass is 10.2. The molecule has 0 bridgehead atoms. The Balaban J connectivity index is 1.43. The number of nitrogens with zero attached hydrogens (tertiary/aromatic N) is 2. The smallest absolute Gasteiger partial charge is 0.258 e. The van der Waals surface area contributed by atoms with E-state index in [0.717, 1.165) is 10.2 Å². The van der Waals surface area contributed by atoms with Crippen molar-refractivity contribution in [2.75, 3.05) is 17.7 Å². The van der Waals surface area contributed by atoms with Crippen molar-refractivity contribution in [3.63, 3.8) is 0 Å². The van der Waals surface area contributed by atoms with Gasteiger partial charge in [0, 0.05) is 28.0 Å². The summed E-state index contributed by atoms with van der Waals surface area (Å²) in [4.78, 5) is 29.3. The van der Waals surface area contributed by atoms with Crippen LogP contribution in [-0.2, 0) is 6.54 Å². The molecule has 0 radical (unpaired) electrons. The number of rotatable bonds is 6. The van der Waals surface area contributed by atoms with Gasteiger partial charge in [-0.2, -0.15) is 0 Å². The zero-order valence-electron chi connectivity index (χ0n) is 16.6. The van der Waals surface area contributed by atoms with Gasteiger partial charge in [0.1, 0.15) is 11.4 Å². The van der Waals surface area contributed by atoms with Gasteiger partial charge in [-0.1, -0.05) is 12.1 Å². The fraction of sp³-hybridized carbons (Fsp3) is 0.0870. The van der Waals surface area contributed by atoms with Gasteiger partial charge in [0.25, 0.3) is 11.5 Å². The normalized spacial score (nSPS) is 10.6. The van der Waals surface area contributed by atoms with E-state index in [9.17, 15) is 9.59 Å². The Bertz CT molecular complexity index is 1300. The second-order valence-corrected chi connectivity index (χ2v) is 7.66. The summed E-state index contributed by atoms with van der Waals surface area (Å²) in [5.74, 6) is 0.367. The van der Waals surface area contributed by atoms with Gasteiger partial charge >= 0.3 is 0 Å². The highest BCUT2D eigenvalue weighted by atomic mass is 79.9. The molecule has 4 aromatic rings. The molecular weight excluding hydrogens is 460 g/mol. The van der Waals surface area contributed by atoms with Gasteiger partial charge in [0.15, 0.2) is 0 Å². The number of ether oxygens (including phenoxy) is 1. The number of halogens is 1. The molecule has 0 atom stereocenters. The number of nitrogens with one attached hydrogen (secondary N) is 2. The van der Waals surface area contributed by atoms with Gasteiger partial charge in [-0.15, -0.1) is 0 Å². The first-order valence-corrected chi connectivity index (χ1v) is 10.3. The maximum absolute atomic E-state index is 12.5. The first-order chi connectivity index (χ1) is 15.0. The highest BCUT2D eigenvalue weighted by Gasteiger charge is 2.09. The lowest BCUT2D eigenvalue weighted by Gasteiger charge is -2.11. The quantitative estimate of drug-likeness (QED) is 0.430. The molecule has 156 valence electrons. The molecular formula is C23H19BrN4O3. The minimum Gasteiger partial charge on any atom is -0.495 e. The molecule has 2 aromatic carbocycles. The lowest BCUT2D eigenvalue weighted by Crippen LogP contribution is -2.16. The number of anilines is 2. The van der Waals surface area contributed by atoms with Gasteiger partial charge in [-0.3, -0.25) is 14.0 Å². The van der Waals surface area contributed by atoms with E-state index >= 15 is 0 Å². The number of pyridine rings is 1. The number of para-hydroxylation sites is 2. The third-order valence-electron chi connectivity index (χ3n) is 4.65. The summed E-state index contributed by atoms with van der Waals surface area (Å²) in [6.07, 6.45) is 1.69. The van der Waals surface area contributed by atoms with Crippen LogP contribution in [0.4, 0.5) is 11.4 Å². The highest BCUT2D eigenvalue weighted by molar-refractivity contribution is 9.10.